The maximum absolute atomic E-state index is 5.76. The van der Waals surface area contributed by atoms with Gasteiger partial charge >= 0.3 is 0 Å². The van der Waals surface area contributed by atoms with Crippen LogP contribution in [-0.4, -0.2) is 25.3 Å². The van der Waals surface area contributed by atoms with Gasteiger partial charge in [0.15, 0.2) is 0 Å². The molecule has 1 N–H and O–H groups in total. The molecule has 0 saturated heterocycles. The monoisotopic (exact) mass is 263 g/mol. The van der Waals surface area contributed by atoms with E-state index < -0.39 is 0 Å². The molecule has 2 heteroatoms. The molecule has 0 spiro atoms. The summed E-state index contributed by atoms with van der Waals surface area (Å²) >= 11 is 0. The van der Waals surface area contributed by atoms with Crippen molar-refractivity contribution in [2.45, 2.75) is 58.6 Å². The number of hydrogen-bond acceptors (Lipinski definition) is 2. The summed E-state index contributed by atoms with van der Waals surface area (Å²) in [5.74, 6) is 0. The summed E-state index contributed by atoms with van der Waals surface area (Å²) < 4.78 is 5.76. The van der Waals surface area contributed by atoms with Crippen molar-refractivity contribution in [2.75, 3.05) is 13.7 Å². The van der Waals surface area contributed by atoms with Crippen LogP contribution in [0.5, 0.6) is 0 Å². The SMILES string of the molecule is CCNC(Cc1ccc(CC)cc1)C(C)(CC)OC. The first kappa shape index (κ1) is 16.2. The lowest BCUT2D eigenvalue weighted by Gasteiger charge is -2.36. The van der Waals surface area contributed by atoms with Crippen molar-refractivity contribution in [3.8, 4) is 0 Å². The maximum Gasteiger partial charge on any atom is 0.0803 e. The largest absolute Gasteiger partial charge is 0.377 e. The van der Waals surface area contributed by atoms with E-state index in [1.807, 2.05) is 7.11 Å². The van der Waals surface area contributed by atoms with Crippen LogP contribution in [0.3, 0.4) is 0 Å². The van der Waals surface area contributed by atoms with E-state index in [-0.39, 0.29) is 5.60 Å². The fraction of sp³-hybridized carbons (Fsp3) is 0.647. The summed E-state index contributed by atoms with van der Waals surface area (Å²) in [4.78, 5) is 0. The Kier molecular flexibility index (Phi) is 6.53. The second-order valence-corrected chi connectivity index (χ2v) is 5.35. The topological polar surface area (TPSA) is 21.3 Å². The molecule has 2 nitrogen and oxygen atoms in total. The highest BCUT2D eigenvalue weighted by Crippen LogP contribution is 2.22. The van der Waals surface area contributed by atoms with Crippen molar-refractivity contribution in [2.24, 2.45) is 0 Å². The number of hydrogen-bond donors (Lipinski definition) is 1. The van der Waals surface area contributed by atoms with E-state index in [9.17, 15) is 0 Å². The van der Waals surface area contributed by atoms with Gasteiger partial charge in [0.05, 0.1) is 5.60 Å². The van der Waals surface area contributed by atoms with E-state index in [0.717, 1.165) is 25.8 Å². The van der Waals surface area contributed by atoms with Crippen LogP contribution in [0.1, 0.15) is 45.2 Å². The molecule has 0 bridgehead atoms. The van der Waals surface area contributed by atoms with Crippen LogP contribution < -0.4 is 5.32 Å². The zero-order chi connectivity index (χ0) is 14.3. The molecule has 0 aliphatic rings. The molecule has 0 aromatic heterocycles. The standard InChI is InChI=1S/C17H29NO/c1-6-14-9-11-15(12-10-14)13-16(18-8-3)17(4,7-2)19-5/h9-12,16,18H,6-8,13H2,1-5H3. The number of ether oxygens (including phenoxy) is 1. The molecule has 1 rings (SSSR count). The molecule has 108 valence electrons. The van der Waals surface area contributed by atoms with Crippen LogP contribution in [0.15, 0.2) is 24.3 Å². The molecule has 1 aromatic carbocycles. The summed E-state index contributed by atoms with van der Waals surface area (Å²) in [6, 6.07) is 9.30. The minimum atomic E-state index is -0.112. The normalized spacial score (nSPS) is 16.1. The number of rotatable bonds is 8. The lowest BCUT2D eigenvalue weighted by molar-refractivity contribution is -0.0283. The van der Waals surface area contributed by atoms with Gasteiger partial charge in [-0.3, -0.25) is 0 Å². The van der Waals surface area contributed by atoms with Gasteiger partial charge in [-0.2, -0.15) is 0 Å². The number of nitrogens with one attached hydrogen (secondary N) is 1. The highest BCUT2D eigenvalue weighted by atomic mass is 16.5. The predicted molar refractivity (Wildman–Crippen MR) is 82.7 cm³/mol. The summed E-state index contributed by atoms with van der Waals surface area (Å²) in [6.07, 6.45) is 3.12. The summed E-state index contributed by atoms with van der Waals surface area (Å²) in [7, 11) is 1.81. The Bertz CT molecular complexity index is 354. The van der Waals surface area contributed by atoms with Gasteiger partial charge < -0.3 is 10.1 Å². The molecule has 0 fully saturated rings. The van der Waals surface area contributed by atoms with Crippen molar-refractivity contribution in [1.29, 1.82) is 0 Å². The van der Waals surface area contributed by atoms with Gasteiger partial charge in [0.25, 0.3) is 0 Å². The van der Waals surface area contributed by atoms with Crippen LogP contribution in [0.25, 0.3) is 0 Å². The number of methoxy groups -OCH3 is 1. The Morgan fingerprint density at radius 2 is 1.68 bits per heavy atom. The fourth-order valence-corrected chi connectivity index (χ4v) is 2.43. The Morgan fingerprint density at radius 3 is 2.11 bits per heavy atom. The van der Waals surface area contributed by atoms with Crippen molar-refractivity contribution < 1.29 is 4.74 Å². The maximum atomic E-state index is 5.76. The van der Waals surface area contributed by atoms with E-state index >= 15 is 0 Å². The molecule has 0 aliphatic heterocycles. The van der Waals surface area contributed by atoms with E-state index in [4.69, 9.17) is 4.74 Å². The molecular formula is C17H29NO. The molecule has 2 atom stereocenters. The molecule has 0 saturated carbocycles. The fourth-order valence-electron chi connectivity index (χ4n) is 2.43. The highest BCUT2D eigenvalue weighted by molar-refractivity contribution is 5.23. The van der Waals surface area contributed by atoms with Gasteiger partial charge in [0.1, 0.15) is 0 Å². The smallest absolute Gasteiger partial charge is 0.0803 e. The van der Waals surface area contributed by atoms with E-state index in [1.165, 1.54) is 11.1 Å². The third kappa shape index (κ3) is 4.32. The molecule has 0 aliphatic carbocycles. The first-order valence-electron chi connectivity index (χ1n) is 7.45. The Hall–Kier alpha value is -0.860. The average Bonchev–Trinajstić information content (AvgIpc) is 2.46. The second kappa shape index (κ2) is 7.66. The van der Waals surface area contributed by atoms with Gasteiger partial charge in [-0.25, -0.2) is 0 Å². The minimum Gasteiger partial charge on any atom is -0.377 e. The second-order valence-electron chi connectivity index (χ2n) is 5.35. The Morgan fingerprint density at radius 1 is 1.11 bits per heavy atom. The van der Waals surface area contributed by atoms with Gasteiger partial charge in [0, 0.05) is 13.2 Å². The third-order valence-corrected chi connectivity index (χ3v) is 4.23. The predicted octanol–water partition coefficient (Wildman–Crippen LogP) is 3.58. The zero-order valence-corrected chi connectivity index (χ0v) is 13.1. The van der Waals surface area contributed by atoms with Crippen molar-refractivity contribution >= 4 is 0 Å². The van der Waals surface area contributed by atoms with E-state index in [1.54, 1.807) is 0 Å². The number of aryl methyl sites for hydroxylation is 1. The average molecular weight is 263 g/mol. The lowest BCUT2D eigenvalue weighted by atomic mass is 9.88. The van der Waals surface area contributed by atoms with Gasteiger partial charge in [-0.1, -0.05) is 45.0 Å². The number of likely N-dealkylation sites (N-methyl/N-ethyl adjacent to an activating group) is 1. The van der Waals surface area contributed by atoms with Crippen molar-refractivity contribution in [3.05, 3.63) is 35.4 Å². The lowest BCUT2D eigenvalue weighted by Crippen LogP contribution is -2.51. The molecule has 2 unspecified atom stereocenters. The van der Waals surface area contributed by atoms with Crippen LogP contribution in [0, 0.1) is 0 Å². The number of benzene rings is 1. The molecule has 0 radical (unpaired) electrons. The molecule has 19 heavy (non-hydrogen) atoms. The van der Waals surface area contributed by atoms with E-state index in [0.29, 0.717) is 6.04 Å². The van der Waals surface area contributed by atoms with Crippen LogP contribution >= 0.6 is 0 Å². The zero-order valence-electron chi connectivity index (χ0n) is 13.1. The van der Waals surface area contributed by atoms with E-state index in [2.05, 4.69) is 57.3 Å². The van der Waals surface area contributed by atoms with Crippen LogP contribution in [-0.2, 0) is 17.6 Å². The highest BCUT2D eigenvalue weighted by Gasteiger charge is 2.31. The van der Waals surface area contributed by atoms with Gasteiger partial charge in [-0.05, 0) is 43.9 Å². The molecule has 0 heterocycles. The first-order chi connectivity index (χ1) is 9.09. The van der Waals surface area contributed by atoms with Gasteiger partial charge in [0.2, 0.25) is 0 Å². The summed E-state index contributed by atoms with van der Waals surface area (Å²) in [6.45, 7) is 9.69. The Labute approximate surface area is 118 Å². The molecule has 0 amide bonds. The molecule has 1 aromatic rings. The van der Waals surface area contributed by atoms with Crippen LogP contribution in [0.4, 0.5) is 0 Å². The van der Waals surface area contributed by atoms with Gasteiger partial charge in [-0.15, -0.1) is 0 Å². The van der Waals surface area contributed by atoms with Crippen molar-refractivity contribution in [1.82, 2.24) is 5.32 Å². The quantitative estimate of drug-likeness (QED) is 0.774. The van der Waals surface area contributed by atoms with Crippen LogP contribution in [0.2, 0.25) is 0 Å². The first-order valence-corrected chi connectivity index (χ1v) is 7.45. The summed E-state index contributed by atoms with van der Waals surface area (Å²) in [5, 5.41) is 3.58. The van der Waals surface area contributed by atoms with Crippen molar-refractivity contribution in [3.63, 3.8) is 0 Å². The molecular weight excluding hydrogens is 234 g/mol. The third-order valence-electron chi connectivity index (χ3n) is 4.23. The minimum absolute atomic E-state index is 0.112. The Balaban J connectivity index is 2.82. The summed E-state index contributed by atoms with van der Waals surface area (Å²) in [5.41, 5.74) is 2.66.